The van der Waals surface area contributed by atoms with Gasteiger partial charge in [0, 0.05) is 37.4 Å². The van der Waals surface area contributed by atoms with Crippen LogP contribution in [0.5, 0.6) is 17.2 Å². The Morgan fingerprint density at radius 2 is 1.88 bits per heavy atom. The number of benzene rings is 2. The van der Waals surface area contributed by atoms with Gasteiger partial charge in [-0.2, -0.15) is 0 Å². The van der Waals surface area contributed by atoms with Crippen molar-refractivity contribution in [3.63, 3.8) is 0 Å². The molecule has 0 spiro atoms. The van der Waals surface area contributed by atoms with Crippen LogP contribution in [0.2, 0.25) is 10.8 Å². The van der Waals surface area contributed by atoms with Crippen LogP contribution in [0.15, 0.2) is 24.3 Å². The van der Waals surface area contributed by atoms with E-state index in [9.17, 15) is 44.3 Å². The quantitative estimate of drug-likeness (QED) is 0.132. The van der Waals surface area contributed by atoms with Crippen molar-refractivity contribution in [3.8, 4) is 17.2 Å². The van der Waals surface area contributed by atoms with Gasteiger partial charge in [0.1, 0.15) is 17.4 Å². The lowest BCUT2D eigenvalue weighted by atomic mass is 9.64. The van der Waals surface area contributed by atoms with E-state index in [-0.39, 0.29) is 42.9 Å². The number of amides is 4. The fourth-order valence-electron chi connectivity index (χ4n) is 5.12. The second-order valence-electron chi connectivity index (χ2n) is 10.3. The number of rotatable bonds is 9. The largest absolute Gasteiger partial charge is 0.535 e. The number of fused-ring (bicyclic) bond motifs is 1. The number of imide groups is 1. The second-order valence-corrected chi connectivity index (χ2v) is 10.7. The first-order valence-corrected chi connectivity index (χ1v) is 13.8. The summed E-state index contributed by atoms with van der Waals surface area (Å²) >= 11 is 6.23. The van der Waals surface area contributed by atoms with Gasteiger partial charge in [0.05, 0.1) is 5.02 Å². The minimum absolute atomic E-state index is 0.00571. The number of carboxylic acid groups (broad SMARTS) is 1. The van der Waals surface area contributed by atoms with Gasteiger partial charge in [-0.1, -0.05) is 29.8 Å². The molecule has 228 valence electrons. The maximum Gasteiger partial charge on any atom is 0.526 e. The van der Waals surface area contributed by atoms with Crippen molar-refractivity contribution in [1.82, 2.24) is 15.1 Å². The lowest BCUT2D eigenvalue weighted by molar-refractivity contribution is -0.153. The molecule has 2 aromatic carbocycles. The van der Waals surface area contributed by atoms with E-state index >= 15 is 0 Å². The van der Waals surface area contributed by atoms with E-state index in [0.29, 0.717) is 29.0 Å². The summed E-state index contributed by atoms with van der Waals surface area (Å²) < 4.78 is 5.54. The van der Waals surface area contributed by atoms with Crippen molar-refractivity contribution in [2.24, 2.45) is 5.73 Å². The van der Waals surface area contributed by atoms with Crippen LogP contribution in [-0.4, -0.2) is 93.0 Å². The normalized spacial score (nSPS) is 17.3. The molecular formula is C27H30BClN4O10. The zero-order valence-corrected chi connectivity index (χ0v) is 23.8. The topological polar surface area (TPSA) is 220 Å². The maximum absolute atomic E-state index is 13.7. The number of carboxylic acids is 1. The van der Waals surface area contributed by atoms with Crippen LogP contribution in [0.1, 0.15) is 45.9 Å². The molecule has 0 bridgehead atoms. The van der Waals surface area contributed by atoms with E-state index in [4.69, 9.17) is 22.0 Å². The van der Waals surface area contributed by atoms with Crippen molar-refractivity contribution in [3.05, 3.63) is 51.5 Å². The molecule has 2 heterocycles. The number of hydrogen-bond acceptors (Lipinski definition) is 10. The fraction of sp³-hybridized carbons (Fsp3) is 0.370. The van der Waals surface area contributed by atoms with Crippen LogP contribution in [0, 0.1) is 6.92 Å². The number of phenols is 2. The first-order chi connectivity index (χ1) is 20.3. The number of nitrogens with zero attached hydrogens (tertiary/aromatic N) is 2. The number of aromatic carboxylic acids is 1. The molecule has 43 heavy (non-hydrogen) atoms. The van der Waals surface area contributed by atoms with Crippen molar-refractivity contribution < 1.29 is 49.0 Å². The average molecular weight is 617 g/mol. The molecule has 2 aliphatic rings. The third-order valence-corrected chi connectivity index (χ3v) is 7.86. The van der Waals surface area contributed by atoms with E-state index in [1.165, 1.54) is 11.0 Å². The summed E-state index contributed by atoms with van der Waals surface area (Å²) in [6.07, 6.45) is 0.0956. The molecule has 14 nitrogen and oxygen atoms in total. The van der Waals surface area contributed by atoms with Gasteiger partial charge in [0.25, 0.3) is 0 Å². The molecule has 1 saturated heterocycles. The van der Waals surface area contributed by atoms with Crippen LogP contribution in [0.25, 0.3) is 0 Å². The standard InChI is InChI=1S/C27H30BClN4O10/c1-13-3-4-14-11-15(28(42)43-23(14)19(13)26(39)40)12-18(35)21(16-5-6-17(34)22(36)20(16)29)31-27(41)33-10-9-32(8-2-7-30)24(37)25(33)38/h3-6,15,21,34,36,42H,2,7-12,30H2,1H3,(H,31,41)(H,39,40)/t15-,21-/m1/s1. The minimum atomic E-state index is -1.59. The summed E-state index contributed by atoms with van der Waals surface area (Å²) in [4.78, 5) is 65.9. The molecule has 4 rings (SSSR count). The van der Waals surface area contributed by atoms with E-state index in [2.05, 4.69) is 5.32 Å². The predicted molar refractivity (Wildman–Crippen MR) is 152 cm³/mol. The Labute approximate surface area is 251 Å². The smallest absolute Gasteiger partial charge is 0.526 e. The summed E-state index contributed by atoms with van der Waals surface area (Å²) in [5.74, 6) is -6.21. The predicted octanol–water partition coefficient (Wildman–Crippen LogP) is 0.973. The molecule has 2 aromatic rings. The average Bonchev–Trinajstić information content (AvgIpc) is 2.96. The summed E-state index contributed by atoms with van der Waals surface area (Å²) in [6.45, 7) is 2.02. The van der Waals surface area contributed by atoms with Gasteiger partial charge in [-0.05, 0) is 43.5 Å². The van der Waals surface area contributed by atoms with Gasteiger partial charge in [-0.25, -0.2) is 9.59 Å². The number of urea groups is 1. The van der Waals surface area contributed by atoms with Gasteiger partial charge in [0.15, 0.2) is 17.3 Å². The van der Waals surface area contributed by atoms with Crippen LogP contribution in [0.4, 0.5) is 4.79 Å². The summed E-state index contributed by atoms with van der Waals surface area (Å²) in [7, 11) is -1.59. The number of carbonyl (C=O) groups is 5. The molecule has 0 unspecified atom stereocenters. The third-order valence-electron chi connectivity index (χ3n) is 7.46. The first kappa shape index (κ1) is 31.6. The molecule has 0 aromatic heterocycles. The number of nitrogens with two attached hydrogens (primary N) is 1. The van der Waals surface area contributed by atoms with Gasteiger partial charge < -0.3 is 40.9 Å². The number of ketones is 1. The van der Waals surface area contributed by atoms with E-state index in [0.717, 1.165) is 6.07 Å². The van der Waals surface area contributed by atoms with Crippen LogP contribution in [0.3, 0.4) is 0 Å². The van der Waals surface area contributed by atoms with Crippen LogP contribution >= 0.6 is 11.6 Å². The molecule has 1 fully saturated rings. The van der Waals surface area contributed by atoms with Gasteiger partial charge in [-0.15, -0.1) is 0 Å². The fourth-order valence-corrected chi connectivity index (χ4v) is 5.39. The number of Topliss-reactive ketones (excluding diaryl/α,β-unsaturated/α-hetero) is 1. The Bertz CT molecular complexity index is 1490. The molecule has 4 amide bonds. The SMILES string of the molecule is Cc1ccc2c(c1C(=O)O)OB(O)[C@@H](CC(=O)[C@H](NC(=O)N1CCN(CCCN)C(=O)C1=O)c1ccc(O)c(O)c1Cl)C2. The number of nitrogens with one attached hydrogen (secondary N) is 1. The van der Waals surface area contributed by atoms with E-state index < -0.39 is 71.5 Å². The van der Waals surface area contributed by atoms with Gasteiger partial charge >= 0.3 is 30.9 Å². The lowest BCUT2D eigenvalue weighted by Crippen LogP contribution is -2.59. The molecule has 0 radical (unpaired) electrons. The third kappa shape index (κ3) is 6.38. The Kier molecular flexibility index (Phi) is 9.47. The zero-order chi connectivity index (χ0) is 31.6. The molecule has 16 heteroatoms. The highest BCUT2D eigenvalue weighted by Crippen LogP contribution is 2.41. The lowest BCUT2D eigenvalue weighted by Gasteiger charge is -2.33. The number of halogens is 1. The minimum Gasteiger partial charge on any atom is -0.535 e. The Morgan fingerprint density at radius 1 is 1.16 bits per heavy atom. The first-order valence-electron chi connectivity index (χ1n) is 13.4. The van der Waals surface area contributed by atoms with Crippen molar-refractivity contribution in [2.75, 3.05) is 26.2 Å². The number of aromatic hydroxyl groups is 2. The molecule has 0 saturated carbocycles. The summed E-state index contributed by atoms with van der Waals surface area (Å²) in [5.41, 5.74) is 6.11. The molecule has 2 aliphatic heterocycles. The molecule has 2 atom stereocenters. The Hall–Kier alpha value is -4.34. The van der Waals surface area contributed by atoms with Crippen molar-refractivity contribution >= 4 is 48.3 Å². The molecular weight excluding hydrogens is 587 g/mol. The number of aryl methyl sites for hydroxylation is 1. The monoisotopic (exact) mass is 616 g/mol. The highest BCUT2D eigenvalue weighted by molar-refractivity contribution is 6.47. The van der Waals surface area contributed by atoms with Gasteiger partial charge in [-0.3, -0.25) is 19.3 Å². The Balaban J connectivity index is 1.59. The second kappa shape index (κ2) is 12.9. The molecule has 0 aliphatic carbocycles. The summed E-state index contributed by atoms with van der Waals surface area (Å²) in [6, 6.07) is 2.79. The van der Waals surface area contributed by atoms with Crippen LogP contribution < -0.4 is 15.7 Å². The van der Waals surface area contributed by atoms with Crippen LogP contribution in [-0.2, 0) is 20.8 Å². The maximum atomic E-state index is 13.7. The van der Waals surface area contributed by atoms with Crippen molar-refractivity contribution in [2.45, 2.75) is 38.0 Å². The highest BCUT2D eigenvalue weighted by atomic mass is 35.5. The number of piperazine rings is 1. The Morgan fingerprint density at radius 3 is 2.56 bits per heavy atom. The number of carbonyl (C=O) groups excluding carboxylic acids is 4. The molecule has 7 N–H and O–H groups in total. The summed E-state index contributed by atoms with van der Waals surface area (Å²) in [5, 5.41) is 42.3. The van der Waals surface area contributed by atoms with Crippen molar-refractivity contribution in [1.29, 1.82) is 0 Å². The van der Waals surface area contributed by atoms with Gasteiger partial charge in [0.2, 0.25) is 0 Å². The number of hydrogen-bond donors (Lipinski definition) is 6. The van der Waals surface area contributed by atoms with E-state index in [1.807, 2.05) is 0 Å². The zero-order valence-electron chi connectivity index (χ0n) is 23.1. The highest BCUT2D eigenvalue weighted by Gasteiger charge is 2.42. The van der Waals surface area contributed by atoms with E-state index in [1.54, 1.807) is 19.1 Å². The number of phenolic OH excluding ortho intramolecular Hbond substituents is 2.